The number of nitrogens with one attached hydrogen (secondary N) is 1. The van der Waals surface area contributed by atoms with Crippen molar-refractivity contribution >= 4 is 11.9 Å². The van der Waals surface area contributed by atoms with E-state index in [4.69, 9.17) is 5.11 Å². The van der Waals surface area contributed by atoms with Gasteiger partial charge in [0.1, 0.15) is 0 Å². The van der Waals surface area contributed by atoms with Gasteiger partial charge in [-0.1, -0.05) is 0 Å². The molecule has 0 aliphatic carbocycles. The highest BCUT2D eigenvalue weighted by Crippen LogP contribution is 2.05. The number of piperazine rings is 1. The molecule has 1 aliphatic rings. The predicted octanol–water partition coefficient (Wildman–Crippen LogP) is -0.429. The molecule has 104 valence electrons. The second-order valence-electron chi connectivity index (χ2n) is 4.62. The molecule has 0 aromatic carbocycles. The van der Waals surface area contributed by atoms with E-state index >= 15 is 0 Å². The first-order chi connectivity index (χ1) is 9.15. The molecular formula is C12H18N4O3. The van der Waals surface area contributed by atoms with Gasteiger partial charge in [0.15, 0.2) is 0 Å². The number of aliphatic carboxylic acids is 1. The number of carboxylic acid groups (broad SMARTS) is 1. The Morgan fingerprint density at radius 1 is 1.32 bits per heavy atom. The summed E-state index contributed by atoms with van der Waals surface area (Å²) in [6.07, 6.45) is 2.13. The maximum Gasteiger partial charge on any atom is 0.304 e. The number of rotatable bonds is 5. The van der Waals surface area contributed by atoms with Crippen molar-refractivity contribution in [2.75, 3.05) is 32.7 Å². The van der Waals surface area contributed by atoms with Crippen LogP contribution in [0.25, 0.3) is 0 Å². The maximum atomic E-state index is 12.0. The summed E-state index contributed by atoms with van der Waals surface area (Å²) >= 11 is 0. The van der Waals surface area contributed by atoms with Crippen LogP contribution < -0.4 is 0 Å². The van der Waals surface area contributed by atoms with Crippen LogP contribution in [0.2, 0.25) is 0 Å². The fraction of sp³-hybridized carbons (Fsp3) is 0.583. The summed E-state index contributed by atoms with van der Waals surface area (Å²) in [6, 6.07) is 1.79. The van der Waals surface area contributed by atoms with E-state index < -0.39 is 5.97 Å². The number of carboxylic acids is 1. The number of amides is 1. The molecule has 1 aromatic heterocycles. The number of hydrogen-bond acceptors (Lipinski definition) is 4. The maximum absolute atomic E-state index is 12.0. The lowest BCUT2D eigenvalue weighted by Gasteiger charge is -2.34. The Morgan fingerprint density at radius 3 is 2.63 bits per heavy atom. The van der Waals surface area contributed by atoms with Crippen LogP contribution in [0.1, 0.15) is 12.1 Å². The van der Waals surface area contributed by atoms with E-state index in [0.717, 1.165) is 18.8 Å². The largest absolute Gasteiger partial charge is 0.481 e. The van der Waals surface area contributed by atoms with Gasteiger partial charge in [-0.25, -0.2) is 0 Å². The highest BCUT2D eigenvalue weighted by atomic mass is 16.4. The van der Waals surface area contributed by atoms with Crippen molar-refractivity contribution in [3.8, 4) is 0 Å². The van der Waals surface area contributed by atoms with Gasteiger partial charge < -0.3 is 10.0 Å². The highest BCUT2D eigenvalue weighted by molar-refractivity contribution is 5.78. The molecule has 19 heavy (non-hydrogen) atoms. The van der Waals surface area contributed by atoms with Gasteiger partial charge in [-0.05, 0) is 6.07 Å². The molecule has 7 nitrogen and oxygen atoms in total. The Bertz CT molecular complexity index is 424. The first-order valence-electron chi connectivity index (χ1n) is 6.35. The van der Waals surface area contributed by atoms with Gasteiger partial charge in [0.25, 0.3) is 0 Å². The third-order valence-corrected chi connectivity index (χ3v) is 3.27. The highest BCUT2D eigenvalue weighted by Gasteiger charge is 2.21. The number of hydrogen-bond donors (Lipinski definition) is 2. The Balaban J connectivity index is 1.73. The fourth-order valence-electron chi connectivity index (χ4n) is 2.13. The van der Waals surface area contributed by atoms with E-state index in [2.05, 4.69) is 15.1 Å². The molecule has 1 aliphatic heterocycles. The van der Waals surface area contributed by atoms with E-state index in [0.29, 0.717) is 26.1 Å². The first kappa shape index (κ1) is 13.5. The van der Waals surface area contributed by atoms with E-state index in [-0.39, 0.29) is 12.3 Å². The summed E-state index contributed by atoms with van der Waals surface area (Å²) in [5.74, 6) is -0.695. The predicted molar refractivity (Wildman–Crippen MR) is 67.6 cm³/mol. The summed E-state index contributed by atoms with van der Waals surface area (Å²) in [5, 5.41) is 15.2. The summed E-state index contributed by atoms with van der Waals surface area (Å²) in [4.78, 5) is 26.4. The summed E-state index contributed by atoms with van der Waals surface area (Å²) in [6.45, 7) is 3.35. The summed E-state index contributed by atoms with van der Waals surface area (Å²) < 4.78 is 0. The van der Waals surface area contributed by atoms with Gasteiger partial charge in [-0.15, -0.1) is 0 Å². The Kier molecular flexibility index (Phi) is 4.51. The van der Waals surface area contributed by atoms with Crippen molar-refractivity contribution in [1.29, 1.82) is 0 Å². The second-order valence-corrected chi connectivity index (χ2v) is 4.62. The molecule has 2 heterocycles. The Hall–Kier alpha value is -1.89. The van der Waals surface area contributed by atoms with Crippen LogP contribution in [0.5, 0.6) is 0 Å². The molecular weight excluding hydrogens is 248 g/mol. The average Bonchev–Trinajstić information content (AvgIpc) is 2.89. The molecule has 1 aromatic rings. The minimum Gasteiger partial charge on any atom is -0.481 e. The Labute approximate surface area is 111 Å². The molecule has 0 spiro atoms. The molecule has 0 saturated carbocycles. The number of carbonyl (C=O) groups excluding carboxylic acids is 1. The van der Waals surface area contributed by atoms with E-state index in [1.807, 2.05) is 4.90 Å². The molecule has 7 heteroatoms. The lowest BCUT2D eigenvalue weighted by Crippen LogP contribution is -2.49. The van der Waals surface area contributed by atoms with Crippen molar-refractivity contribution in [3.63, 3.8) is 0 Å². The number of nitrogens with zero attached hydrogens (tertiary/aromatic N) is 3. The lowest BCUT2D eigenvalue weighted by atomic mass is 10.2. The molecule has 0 radical (unpaired) electrons. The third kappa shape index (κ3) is 4.06. The second kappa shape index (κ2) is 6.33. The van der Waals surface area contributed by atoms with Gasteiger partial charge in [-0.3, -0.25) is 19.6 Å². The van der Waals surface area contributed by atoms with Crippen molar-refractivity contribution in [1.82, 2.24) is 20.0 Å². The minimum atomic E-state index is -0.780. The standard InChI is InChI=1S/C12H18N4O3/c17-11(9-10-1-3-13-14-10)16-7-5-15(6-8-16)4-2-12(18)19/h1,3H,2,4-9H2,(H,13,14)(H,18,19). The number of H-pyrrole nitrogens is 1. The monoisotopic (exact) mass is 266 g/mol. The third-order valence-electron chi connectivity index (χ3n) is 3.27. The summed E-state index contributed by atoms with van der Waals surface area (Å²) in [5.41, 5.74) is 0.818. The van der Waals surface area contributed by atoms with Crippen LogP contribution in [0, 0.1) is 0 Å². The topological polar surface area (TPSA) is 89.5 Å². The number of aromatic nitrogens is 2. The van der Waals surface area contributed by atoms with Gasteiger partial charge in [-0.2, -0.15) is 5.10 Å². The summed E-state index contributed by atoms with van der Waals surface area (Å²) in [7, 11) is 0. The van der Waals surface area contributed by atoms with Crippen LogP contribution in [0.3, 0.4) is 0 Å². The number of carbonyl (C=O) groups is 2. The molecule has 0 bridgehead atoms. The zero-order chi connectivity index (χ0) is 13.7. The molecule has 1 saturated heterocycles. The van der Waals surface area contributed by atoms with Gasteiger partial charge in [0.2, 0.25) is 5.91 Å². The molecule has 2 rings (SSSR count). The average molecular weight is 266 g/mol. The van der Waals surface area contributed by atoms with Gasteiger partial charge in [0, 0.05) is 44.6 Å². The quantitative estimate of drug-likeness (QED) is 0.755. The molecule has 2 N–H and O–H groups in total. The lowest BCUT2D eigenvalue weighted by molar-refractivity contribution is -0.138. The van der Waals surface area contributed by atoms with Crippen LogP contribution in [0.4, 0.5) is 0 Å². The zero-order valence-electron chi connectivity index (χ0n) is 10.7. The van der Waals surface area contributed by atoms with Crippen LogP contribution in [-0.2, 0) is 16.0 Å². The van der Waals surface area contributed by atoms with Crippen LogP contribution in [0.15, 0.2) is 12.3 Å². The van der Waals surface area contributed by atoms with Crippen LogP contribution in [-0.4, -0.2) is 69.7 Å². The SMILES string of the molecule is O=C(O)CCN1CCN(C(=O)Cc2ccn[nH]2)CC1. The van der Waals surface area contributed by atoms with Gasteiger partial charge in [0.05, 0.1) is 12.8 Å². The van der Waals surface area contributed by atoms with E-state index in [9.17, 15) is 9.59 Å². The fourth-order valence-corrected chi connectivity index (χ4v) is 2.13. The van der Waals surface area contributed by atoms with Crippen molar-refractivity contribution in [2.45, 2.75) is 12.8 Å². The number of aromatic amines is 1. The molecule has 1 amide bonds. The first-order valence-corrected chi connectivity index (χ1v) is 6.35. The zero-order valence-corrected chi connectivity index (χ0v) is 10.7. The van der Waals surface area contributed by atoms with Crippen molar-refractivity contribution in [2.24, 2.45) is 0 Å². The van der Waals surface area contributed by atoms with Crippen LogP contribution >= 0.6 is 0 Å². The molecule has 1 fully saturated rings. The smallest absolute Gasteiger partial charge is 0.304 e. The normalized spacial score (nSPS) is 16.5. The Morgan fingerprint density at radius 2 is 2.05 bits per heavy atom. The van der Waals surface area contributed by atoms with E-state index in [1.54, 1.807) is 12.3 Å². The van der Waals surface area contributed by atoms with Crippen molar-refractivity contribution < 1.29 is 14.7 Å². The van der Waals surface area contributed by atoms with Crippen molar-refractivity contribution in [3.05, 3.63) is 18.0 Å². The minimum absolute atomic E-state index is 0.0853. The molecule has 0 unspecified atom stereocenters. The van der Waals surface area contributed by atoms with Gasteiger partial charge >= 0.3 is 5.97 Å². The van der Waals surface area contributed by atoms with E-state index in [1.165, 1.54) is 0 Å². The molecule has 0 atom stereocenters.